The van der Waals surface area contributed by atoms with Crippen LogP contribution in [-0.4, -0.2) is 50.2 Å². The topological polar surface area (TPSA) is 57.7 Å². The molecule has 0 spiro atoms. The van der Waals surface area contributed by atoms with Crippen molar-refractivity contribution < 1.29 is 13.2 Å². The molecule has 0 bridgehead atoms. The van der Waals surface area contributed by atoms with Gasteiger partial charge in [-0.3, -0.25) is 4.79 Å². The molecule has 1 saturated heterocycles. The van der Waals surface area contributed by atoms with Gasteiger partial charge in [0.25, 0.3) is 10.0 Å². The van der Waals surface area contributed by atoms with Crippen molar-refractivity contribution in [3.05, 3.63) is 17.0 Å². The van der Waals surface area contributed by atoms with E-state index in [1.807, 2.05) is 6.92 Å². The third kappa shape index (κ3) is 2.68. The van der Waals surface area contributed by atoms with Crippen molar-refractivity contribution in [1.29, 1.82) is 0 Å². The van der Waals surface area contributed by atoms with Crippen LogP contribution in [0.4, 0.5) is 0 Å². The molecule has 1 aromatic heterocycles. The van der Waals surface area contributed by atoms with Crippen molar-refractivity contribution in [1.82, 2.24) is 9.21 Å². The van der Waals surface area contributed by atoms with E-state index in [-0.39, 0.29) is 5.91 Å². The molecule has 0 radical (unpaired) electrons. The molecule has 0 aliphatic carbocycles. The number of aryl methyl sites for hydroxylation is 1. The molecular formula is C12H18N2O3S2. The van der Waals surface area contributed by atoms with Crippen molar-refractivity contribution in [3.63, 3.8) is 0 Å². The SMILES string of the molecule is Cc1ccc(S(=O)(=O)N2CCCC2C(=O)N(C)C)s1. The highest BCUT2D eigenvalue weighted by Crippen LogP contribution is 2.30. The number of rotatable bonds is 3. The Hall–Kier alpha value is -0.920. The summed E-state index contributed by atoms with van der Waals surface area (Å²) in [6.45, 7) is 2.29. The third-order valence-corrected chi connectivity index (χ3v) is 6.58. The fraction of sp³-hybridized carbons (Fsp3) is 0.583. The molecule has 2 heterocycles. The quantitative estimate of drug-likeness (QED) is 0.845. The van der Waals surface area contributed by atoms with Gasteiger partial charge in [0.1, 0.15) is 10.3 Å². The maximum absolute atomic E-state index is 12.6. The fourth-order valence-electron chi connectivity index (χ4n) is 2.24. The van der Waals surface area contributed by atoms with Gasteiger partial charge in [-0.2, -0.15) is 4.31 Å². The zero-order valence-corrected chi connectivity index (χ0v) is 12.9. The molecule has 1 aromatic rings. The summed E-state index contributed by atoms with van der Waals surface area (Å²) in [4.78, 5) is 14.5. The zero-order valence-electron chi connectivity index (χ0n) is 11.3. The van der Waals surface area contributed by atoms with Crippen LogP contribution in [0.5, 0.6) is 0 Å². The number of carbonyl (C=O) groups excluding carboxylic acids is 1. The molecular weight excluding hydrogens is 284 g/mol. The van der Waals surface area contributed by atoms with E-state index >= 15 is 0 Å². The number of nitrogens with zero attached hydrogens (tertiary/aromatic N) is 2. The second-order valence-electron chi connectivity index (χ2n) is 4.87. The van der Waals surface area contributed by atoms with Crippen molar-refractivity contribution in [2.24, 2.45) is 0 Å². The summed E-state index contributed by atoms with van der Waals surface area (Å²) in [5.41, 5.74) is 0. The summed E-state index contributed by atoms with van der Waals surface area (Å²) in [7, 11) is -0.234. The summed E-state index contributed by atoms with van der Waals surface area (Å²) in [5.74, 6) is -0.144. The van der Waals surface area contributed by atoms with E-state index in [9.17, 15) is 13.2 Å². The lowest BCUT2D eigenvalue weighted by molar-refractivity contribution is -0.132. The average Bonchev–Trinajstić information content (AvgIpc) is 2.96. The van der Waals surface area contributed by atoms with Crippen LogP contribution in [0.2, 0.25) is 0 Å². The Labute approximate surface area is 117 Å². The normalized spacial score (nSPS) is 20.7. The molecule has 19 heavy (non-hydrogen) atoms. The highest BCUT2D eigenvalue weighted by atomic mass is 32.2. The number of likely N-dealkylation sites (N-methyl/N-ethyl adjacent to an activating group) is 1. The van der Waals surface area contributed by atoms with Crippen LogP contribution in [0.3, 0.4) is 0 Å². The molecule has 5 nitrogen and oxygen atoms in total. The monoisotopic (exact) mass is 302 g/mol. The largest absolute Gasteiger partial charge is 0.347 e. The fourth-order valence-corrected chi connectivity index (χ4v) is 5.30. The van der Waals surface area contributed by atoms with Crippen LogP contribution in [0.25, 0.3) is 0 Å². The summed E-state index contributed by atoms with van der Waals surface area (Å²) in [6.07, 6.45) is 1.33. The predicted molar refractivity (Wildman–Crippen MR) is 74.7 cm³/mol. The minimum absolute atomic E-state index is 0.144. The first-order chi connectivity index (χ1) is 8.84. The maximum Gasteiger partial charge on any atom is 0.253 e. The first-order valence-corrected chi connectivity index (χ1v) is 8.39. The lowest BCUT2D eigenvalue weighted by Gasteiger charge is -2.24. The second kappa shape index (κ2) is 5.22. The van der Waals surface area contributed by atoms with Crippen LogP contribution in [0, 0.1) is 6.92 Å². The summed E-state index contributed by atoms with van der Waals surface area (Å²) >= 11 is 1.25. The van der Waals surface area contributed by atoms with E-state index in [0.717, 1.165) is 11.3 Å². The highest BCUT2D eigenvalue weighted by molar-refractivity contribution is 7.91. The molecule has 0 saturated carbocycles. The molecule has 2 rings (SSSR count). The zero-order chi connectivity index (χ0) is 14.2. The molecule has 7 heteroatoms. The van der Waals surface area contributed by atoms with Gasteiger partial charge in [-0.25, -0.2) is 8.42 Å². The van der Waals surface area contributed by atoms with Gasteiger partial charge in [0.15, 0.2) is 0 Å². The number of sulfonamides is 1. The van der Waals surface area contributed by atoms with Gasteiger partial charge in [0.2, 0.25) is 5.91 Å². The third-order valence-electron chi connectivity index (χ3n) is 3.21. The predicted octanol–water partition coefficient (Wildman–Crippen LogP) is 1.30. The molecule has 1 aliphatic rings. The minimum Gasteiger partial charge on any atom is -0.347 e. The van der Waals surface area contributed by atoms with E-state index in [2.05, 4.69) is 0 Å². The summed E-state index contributed by atoms with van der Waals surface area (Å²) in [6, 6.07) is 2.85. The summed E-state index contributed by atoms with van der Waals surface area (Å²) < 4.78 is 26.8. The highest BCUT2D eigenvalue weighted by Gasteiger charge is 2.40. The lowest BCUT2D eigenvalue weighted by Crippen LogP contribution is -2.45. The minimum atomic E-state index is -3.54. The standard InChI is InChI=1S/C12H18N2O3S2/c1-9-6-7-11(18-9)19(16,17)14-8-4-5-10(14)12(15)13(2)3/h6-7,10H,4-5,8H2,1-3H3. The van der Waals surface area contributed by atoms with Gasteiger partial charge >= 0.3 is 0 Å². The van der Waals surface area contributed by atoms with Gasteiger partial charge in [-0.05, 0) is 31.9 Å². The number of hydrogen-bond acceptors (Lipinski definition) is 4. The van der Waals surface area contributed by atoms with Crippen molar-refractivity contribution in [2.75, 3.05) is 20.6 Å². The molecule has 1 aliphatic heterocycles. The number of hydrogen-bond donors (Lipinski definition) is 0. The Kier molecular flexibility index (Phi) is 3.98. The Morgan fingerprint density at radius 2 is 2.11 bits per heavy atom. The van der Waals surface area contributed by atoms with E-state index in [4.69, 9.17) is 0 Å². The van der Waals surface area contributed by atoms with E-state index in [1.54, 1.807) is 26.2 Å². The van der Waals surface area contributed by atoms with Crippen LogP contribution >= 0.6 is 11.3 Å². The van der Waals surface area contributed by atoms with Crippen LogP contribution in [0.15, 0.2) is 16.3 Å². The molecule has 1 unspecified atom stereocenters. The van der Waals surface area contributed by atoms with Gasteiger partial charge < -0.3 is 4.90 Å². The Morgan fingerprint density at radius 1 is 1.42 bits per heavy atom. The molecule has 1 atom stereocenters. The molecule has 106 valence electrons. The van der Waals surface area contributed by atoms with Gasteiger partial charge in [-0.1, -0.05) is 0 Å². The molecule has 1 amide bonds. The molecule has 0 N–H and O–H groups in total. The van der Waals surface area contributed by atoms with Crippen LogP contribution in [-0.2, 0) is 14.8 Å². The van der Waals surface area contributed by atoms with E-state index in [1.165, 1.54) is 20.5 Å². The average molecular weight is 302 g/mol. The van der Waals surface area contributed by atoms with Gasteiger partial charge in [0, 0.05) is 25.5 Å². The Morgan fingerprint density at radius 3 is 2.63 bits per heavy atom. The molecule has 0 aromatic carbocycles. The van der Waals surface area contributed by atoms with E-state index < -0.39 is 16.1 Å². The first-order valence-electron chi connectivity index (χ1n) is 6.13. The van der Waals surface area contributed by atoms with Crippen molar-refractivity contribution >= 4 is 27.3 Å². The maximum atomic E-state index is 12.6. The summed E-state index contributed by atoms with van der Waals surface area (Å²) in [5, 5.41) is 0. The van der Waals surface area contributed by atoms with E-state index in [0.29, 0.717) is 17.2 Å². The van der Waals surface area contributed by atoms with Crippen molar-refractivity contribution in [3.8, 4) is 0 Å². The van der Waals surface area contributed by atoms with Crippen LogP contribution in [0.1, 0.15) is 17.7 Å². The second-order valence-corrected chi connectivity index (χ2v) is 8.28. The van der Waals surface area contributed by atoms with Gasteiger partial charge in [0.05, 0.1) is 0 Å². The number of amides is 1. The lowest BCUT2D eigenvalue weighted by atomic mass is 10.2. The first kappa shape index (κ1) is 14.5. The van der Waals surface area contributed by atoms with Crippen molar-refractivity contribution in [2.45, 2.75) is 30.0 Å². The number of thiophene rings is 1. The molecule has 1 fully saturated rings. The Balaban J connectivity index is 2.32. The smallest absolute Gasteiger partial charge is 0.253 e. The number of carbonyl (C=O) groups is 1. The van der Waals surface area contributed by atoms with Gasteiger partial charge in [-0.15, -0.1) is 11.3 Å². The Bertz CT molecular complexity index is 578. The van der Waals surface area contributed by atoms with Crippen LogP contribution < -0.4 is 0 Å².